The second kappa shape index (κ2) is 8.08. The van der Waals surface area contributed by atoms with E-state index in [1.807, 2.05) is 6.92 Å². The van der Waals surface area contributed by atoms with E-state index in [1.54, 1.807) is 4.90 Å². The maximum atomic E-state index is 12.9. The Bertz CT molecular complexity index is 641. The summed E-state index contributed by atoms with van der Waals surface area (Å²) in [5.74, 6) is -0.581. The highest BCUT2D eigenvalue weighted by molar-refractivity contribution is 6.31. The predicted octanol–water partition coefficient (Wildman–Crippen LogP) is 4.34. The van der Waals surface area contributed by atoms with Crippen LogP contribution < -0.4 is 5.32 Å². The zero-order valence-corrected chi connectivity index (χ0v) is 14.6. The number of amides is 2. The van der Waals surface area contributed by atoms with Gasteiger partial charge < -0.3 is 10.2 Å². The minimum absolute atomic E-state index is 0.0613. The SMILES string of the molecule is CCCC(=O)N1CCC(C(=O)Nc2ccc(Cl)c(C(F)(F)F)c2)CC1. The summed E-state index contributed by atoms with van der Waals surface area (Å²) in [6, 6.07) is 3.29. The molecule has 0 radical (unpaired) electrons. The number of hydrogen-bond donors (Lipinski definition) is 1. The normalized spacial score (nSPS) is 16.0. The Morgan fingerprint density at radius 3 is 2.48 bits per heavy atom. The van der Waals surface area contributed by atoms with Gasteiger partial charge in [0.1, 0.15) is 0 Å². The fourth-order valence-corrected chi connectivity index (χ4v) is 3.05. The molecular weight excluding hydrogens is 357 g/mol. The molecule has 1 aromatic carbocycles. The second-order valence-corrected chi connectivity index (χ2v) is 6.49. The largest absolute Gasteiger partial charge is 0.417 e. The highest BCUT2D eigenvalue weighted by Crippen LogP contribution is 2.36. The lowest BCUT2D eigenvalue weighted by molar-refractivity contribution is -0.137. The molecule has 138 valence electrons. The van der Waals surface area contributed by atoms with Crippen molar-refractivity contribution in [2.75, 3.05) is 18.4 Å². The summed E-state index contributed by atoms with van der Waals surface area (Å²) in [5.41, 5.74) is -0.918. The first kappa shape index (κ1) is 19.6. The Morgan fingerprint density at radius 1 is 1.28 bits per heavy atom. The van der Waals surface area contributed by atoms with Crippen molar-refractivity contribution in [3.63, 3.8) is 0 Å². The Labute approximate surface area is 149 Å². The number of piperidine rings is 1. The van der Waals surface area contributed by atoms with E-state index in [2.05, 4.69) is 5.32 Å². The molecule has 8 heteroatoms. The summed E-state index contributed by atoms with van der Waals surface area (Å²) >= 11 is 5.57. The van der Waals surface area contributed by atoms with Gasteiger partial charge in [-0.05, 0) is 37.5 Å². The highest BCUT2D eigenvalue weighted by atomic mass is 35.5. The van der Waals surface area contributed by atoms with Gasteiger partial charge in [0.05, 0.1) is 10.6 Å². The van der Waals surface area contributed by atoms with E-state index in [-0.39, 0.29) is 23.4 Å². The standard InChI is InChI=1S/C17H20ClF3N2O2/c1-2-3-15(24)23-8-6-11(7-9-23)16(25)22-12-4-5-14(18)13(10-12)17(19,20)21/h4-5,10-11H,2-3,6-9H2,1H3,(H,22,25). The van der Waals surface area contributed by atoms with Crippen LogP contribution in [0.1, 0.15) is 38.2 Å². The smallest absolute Gasteiger partial charge is 0.343 e. The van der Waals surface area contributed by atoms with Crippen molar-refractivity contribution in [3.05, 3.63) is 28.8 Å². The van der Waals surface area contributed by atoms with Gasteiger partial charge >= 0.3 is 6.18 Å². The number of nitrogens with zero attached hydrogens (tertiary/aromatic N) is 1. The summed E-state index contributed by atoms with van der Waals surface area (Å²) in [4.78, 5) is 25.9. The quantitative estimate of drug-likeness (QED) is 0.850. The Hall–Kier alpha value is -1.76. The number of carbonyl (C=O) groups is 2. The second-order valence-electron chi connectivity index (χ2n) is 6.09. The van der Waals surface area contributed by atoms with Crippen molar-refractivity contribution in [2.24, 2.45) is 5.92 Å². The van der Waals surface area contributed by atoms with Crippen molar-refractivity contribution in [3.8, 4) is 0 Å². The minimum atomic E-state index is -4.58. The number of carbonyl (C=O) groups excluding carboxylic acids is 2. The molecule has 1 aliphatic rings. The number of likely N-dealkylation sites (tertiary alicyclic amines) is 1. The maximum absolute atomic E-state index is 12.9. The van der Waals surface area contributed by atoms with Crippen LogP contribution in [0.4, 0.5) is 18.9 Å². The first-order valence-corrected chi connectivity index (χ1v) is 8.55. The molecular formula is C17H20ClF3N2O2. The molecule has 0 unspecified atom stereocenters. The van der Waals surface area contributed by atoms with E-state index < -0.39 is 16.8 Å². The van der Waals surface area contributed by atoms with Crippen LogP contribution in [-0.2, 0) is 15.8 Å². The van der Waals surface area contributed by atoms with Crippen molar-refractivity contribution >= 4 is 29.1 Å². The van der Waals surface area contributed by atoms with Crippen LogP contribution in [0.25, 0.3) is 0 Å². The van der Waals surface area contributed by atoms with E-state index in [0.717, 1.165) is 18.6 Å². The molecule has 2 amide bonds. The van der Waals surface area contributed by atoms with Gasteiger partial charge in [0.2, 0.25) is 11.8 Å². The molecule has 1 N–H and O–H groups in total. The Kier molecular flexibility index (Phi) is 6.32. The van der Waals surface area contributed by atoms with Crippen LogP contribution in [0.15, 0.2) is 18.2 Å². The fourth-order valence-electron chi connectivity index (χ4n) is 2.83. The van der Waals surface area contributed by atoms with E-state index in [1.165, 1.54) is 6.07 Å². The zero-order valence-electron chi connectivity index (χ0n) is 13.8. The first-order chi connectivity index (χ1) is 11.7. The molecule has 0 atom stereocenters. The van der Waals surface area contributed by atoms with Crippen LogP contribution in [-0.4, -0.2) is 29.8 Å². The first-order valence-electron chi connectivity index (χ1n) is 8.17. The lowest BCUT2D eigenvalue weighted by Crippen LogP contribution is -2.41. The van der Waals surface area contributed by atoms with Gasteiger partial charge in [0, 0.05) is 31.1 Å². The average molecular weight is 377 g/mol. The molecule has 1 saturated heterocycles. The van der Waals surface area contributed by atoms with Crippen LogP contribution in [0.2, 0.25) is 5.02 Å². The van der Waals surface area contributed by atoms with E-state index >= 15 is 0 Å². The number of hydrogen-bond acceptors (Lipinski definition) is 2. The van der Waals surface area contributed by atoms with Gasteiger partial charge in [-0.1, -0.05) is 18.5 Å². The van der Waals surface area contributed by atoms with Crippen molar-refractivity contribution in [1.29, 1.82) is 0 Å². The molecule has 25 heavy (non-hydrogen) atoms. The molecule has 2 rings (SSSR count). The predicted molar refractivity (Wildman–Crippen MR) is 89.3 cm³/mol. The number of rotatable bonds is 4. The average Bonchev–Trinajstić information content (AvgIpc) is 2.56. The monoisotopic (exact) mass is 376 g/mol. The maximum Gasteiger partial charge on any atom is 0.417 e. The number of alkyl halides is 3. The zero-order chi connectivity index (χ0) is 18.6. The fraction of sp³-hybridized carbons (Fsp3) is 0.529. The van der Waals surface area contributed by atoms with Gasteiger partial charge in [0.25, 0.3) is 0 Å². The Balaban J connectivity index is 1.96. The van der Waals surface area contributed by atoms with Gasteiger partial charge in [-0.25, -0.2) is 0 Å². The molecule has 1 aliphatic heterocycles. The van der Waals surface area contributed by atoms with Gasteiger partial charge in [-0.15, -0.1) is 0 Å². The van der Waals surface area contributed by atoms with Gasteiger partial charge in [0.15, 0.2) is 0 Å². The molecule has 1 fully saturated rings. The molecule has 0 saturated carbocycles. The van der Waals surface area contributed by atoms with E-state index in [0.29, 0.717) is 32.4 Å². The molecule has 1 aromatic rings. The van der Waals surface area contributed by atoms with Crippen molar-refractivity contribution in [1.82, 2.24) is 4.90 Å². The number of halogens is 4. The van der Waals surface area contributed by atoms with Crippen molar-refractivity contribution < 1.29 is 22.8 Å². The molecule has 4 nitrogen and oxygen atoms in total. The summed E-state index contributed by atoms with van der Waals surface area (Å²) < 4.78 is 38.6. The van der Waals surface area contributed by atoms with Gasteiger partial charge in [-0.2, -0.15) is 13.2 Å². The molecule has 0 spiro atoms. The van der Waals surface area contributed by atoms with E-state index in [9.17, 15) is 22.8 Å². The lowest BCUT2D eigenvalue weighted by atomic mass is 9.95. The summed E-state index contributed by atoms with van der Waals surface area (Å²) in [6.45, 7) is 2.91. The lowest BCUT2D eigenvalue weighted by Gasteiger charge is -2.31. The molecule has 0 aliphatic carbocycles. The molecule has 0 bridgehead atoms. The Morgan fingerprint density at radius 2 is 1.92 bits per heavy atom. The van der Waals surface area contributed by atoms with Crippen LogP contribution in [0.5, 0.6) is 0 Å². The summed E-state index contributed by atoms with van der Waals surface area (Å²) in [5, 5.41) is 2.11. The van der Waals surface area contributed by atoms with E-state index in [4.69, 9.17) is 11.6 Å². The third-order valence-corrected chi connectivity index (χ3v) is 4.55. The third kappa shape index (κ3) is 5.11. The number of anilines is 1. The summed E-state index contributed by atoms with van der Waals surface area (Å²) in [6.07, 6.45) is -2.32. The minimum Gasteiger partial charge on any atom is -0.343 e. The molecule has 1 heterocycles. The third-order valence-electron chi connectivity index (χ3n) is 4.22. The number of benzene rings is 1. The van der Waals surface area contributed by atoms with Crippen LogP contribution in [0, 0.1) is 5.92 Å². The molecule has 0 aromatic heterocycles. The summed E-state index contributed by atoms with van der Waals surface area (Å²) in [7, 11) is 0. The van der Waals surface area contributed by atoms with Crippen LogP contribution >= 0.6 is 11.6 Å². The number of nitrogens with one attached hydrogen (secondary N) is 1. The highest BCUT2D eigenvalue weighted by Gasteiger charge is 2.34. The topological polar surface area (TPSA) is 49.4 Å². The van der Waals surface area contributed by atoms with Crippen LogP contribution in [0.3, 0.4) is 0 Å². The van der Waals surface area contributed by atoms with Gasteiger partial charge in [-0.3, -0.25) is 9.59 Å². The van der Waals surface area contributed by atoms with Crippen molar-refractivity contribution in [2.45, 2.75) is 38.8 Å².